The van der Waals surface area contributed by atoms with Crippen molar-refractivity contribution in [2.75, 3.05) is 18.4 Å². The summed E-state index contributed by atoms with van der Waals surface area (Å²) in [4.78, 5) is 10.1. The lowest BCUT2D eigenvalue weighted by atomic mass is 9.98. The van der Waals surface area contributed by atoms with E-state index >= 15 is 0 Å². The van der Waals surface area contributed by atoms with E-state index < -0.39 is 0 Å². The maximum Gasteiger partial charge on any atom is 0.162 e. The Morgan fingerprint density at radius 1 is 0.667 bits per heavy atom. The molecule has 0 unspecified atom stereocenters. The summed E-state index contributed by atoms with van der Waals surface area (Å²) < 4.78 is 0. The summed E-state index contributed by atoms with van der Waals surface area (Å²) in [6, 6.07) is 29.2. The Labute approximate surface area is 196 Å². The van der Waals surface area contributed by atoms with Gasteiger partial charge in [-0.2, -0.15) is 0 Å². The Bertz CT molecular complexity index is 1140. The molecule has 1 heterocycles. The van der Waals surface area contributed by atoms with Gasteiger partial charge < -0.3 is 11.1 Å². The smallest absolute Gasteiger partial charge is 0.162 e. The second kappa shape index (κ2) is 11.4. The van der Waals surface area contributed by atoms with Gasteiger partial charge in [-0.3, -0.25) is 0 Å². The van der Waals surface area contributed by atoms with Gasteiger partial charge in [-0.1, -0.05) is 103 Å². The van der Waals surface area contributed by atoms with Crippen LogP contribution in [0.5, 0.6) is 0 Å². The van der Waals surface area contributed by atoms with Crippen LogP contribution in [-0.2, 0) is 0 Å². The van der Waals surface area contributed by atoms with Gasteiger partial charge in [-0.05, 0) is 31.9 Å². The highest BCUT2D eigenvalue weighted by molar-refractivity contribution is 5.89. The molecule has 0 radical (unpaired) electrons. The Morgan fingerprint density at radius 3 is 1.97 bits per heavy atom. The van der Waals surface area contributed by atoms with Crippen molar-refractivity contribution in [1.29, 1.82) is 0 Å². The van der Waals surface area contributed by atoms with Crippen LogP contribution in [0.2, 0.25) is 0 Å². The molecule has 168 valence electrons. The molecule has 0 fully saturated rings. The maximum atomic E-state index is 5.64. The van der Waals surface area contributed by atoms with E-state index in [1.807, 2.05) is 24.3 Å². The zero-order valence-corrected chi connectivity index (χ0v) is 19.3. The summed E-state index contributed by atoms with van der Waals surface area (Å²) in [5.74, 6) is 1.61. The van der Waals surface area contributed by atoms with Gasteiger partial charge in [0.25, 0.3) is 0 Å². The fraction of sp³-hybridized carbons (Fsp3) is 0.241. The van der Waals surface area contributed by atoms with E-state index in [4.69, 9.17) is 15.7 Å². The molecule has 3 N–H and O–H groups in total. The van der Waals surface area contributed by atoms with Crippen LogP contribution in [-0.4, -0.2) is 23.1 Å². The number of aromatic nitrogens is 2. The molecular weight excluding hydrogens is 404 g/mol. The number of rotatable bonds is 10. The second-order valence-corrected chi connectivity index (χ2v) is 8.35. The Kier molecular flexibility index (Phi) is 7.83. The minimum Gasteiger partial charge on any atom is -0.369 e. The molecule has 0 atom stereocenters. The van der Waals surface area contributed by atoms with Crippen LogP contribution in [0.4, 0.5) is 5.82 Å². The third-order valence-electron chi connectivity index (χ3n) is 5.75. The van der Waals surface area contributed by atoms with Crippen molar-refractivity contribution in [3.05, 3.63) is 90.5 Å². The molecule has 0 bridgehead atoms. The number of hydrogen-bond donors (Lipinski definition) is 2. The third kappa shape index (κ3) is 5.85. The molecule has 33 heavy (non-hydrogen) atoms. The summed E-state index contributed by atoms with van der Waals surface area (Å²) >= 11 is 0. The minimum atomic E-state index is 0.733. The highest BCUT2D eigenvalue weighted by atomic mass is 15.0. The maximum absolute atomic E-state index is 5.64. The number of nitrogens with one attached hydrogen (secondary N) is 1. The van der Waals surface area contributed by atoms with E-state index in [0.29, 0.717) is 0 Å². The number of benzene rings is 3. The first kappa shape index (κ1) is 22.7. The van der Waals surface area contributed by atoms with Crippen LogP contribution in [0.1, 0.15) is 31.2 Å². The molecule has 3 aromatic carbocycles. The summed E-state index contributed by atoms with van der Waals surface area (Å²) in [6.45, 7) is 3.73. The predicted octanol–water partition coefficient (Wildman–Crippen LogP) is 6.72. The number of nitrogens with two attached hydrogens (primary N) is 1. The average molecular weight is 437 g/mol. The molecule has 0 amide bonds. The zero-order chi connectivity index (χ0) is 22.9. The van der Waals surface area contributed by atoms with Gasteiger partial charge in [-0.25, -0.2) is 9.97 Å². The first-order chi connectivity index (χ1) is 16.3. The lowest BCUT2D eigenvalue weighted by Crippen LogP contribution is -2.08. The molecule has 4 aromatic rings. The standard InChI is InChI=1S/C29H32N4/c1-22-16-18-24(19-17-22)27-26(23-12-6-4-7-13-23)29(31-21-11-3-2-10-20-30)33-28(32-27)25-14-8-5-9-15-25/h4-9,12-19H,2-3,10-11,20-21,30H2,1H3,(H,31,32,33). The van der Waals surface area contributed by atoms with Crippen molar-refractivity contribution in [2.45, 2.75) is 32.6 Å². The van der Waals surface area contributed by atoms with Crippen LogP contribution in [0.3, 0.4) is 0 Å². The lowest BCUT2D eigenvalue weighted by Gasteiger charge is -2.17. The molecule has 0 saturated carbocycles. The SMILES string of the molecule is Cc1ccc(-c2nc(-c3ccccc3)nc(NCCCCCCN)c2-c2ccccc2)cc1. The van der Waals surface area contributed by atoms with E-state index in [2.05, 4.69) is 72.9 Å². The Morgan fingerprint density at radius 2 is 1.30 bits per heavy atom. The summed E-state index contributed by atoms with van der Waals surface area (Å²) in [5, 5.41) is 3.64. The third-order valence-corrected chi connectivity index (χ3v) is 5.75. The van der Waals surface area contributed by atoms with E-state index in [1.165, 1.54) is 5.56 Å². The van der Waals surface area contributed by atoms with Crippen molar-refractivity contribution in [2.24, 2.45) is 5.73 Å². The van der Waals surface area contributed by atoms with Crippen LogP contribution in [0.25, 0.3) is 33.8 Å². The second-order valence-electron chi connectivity index (χ2n) is 8.35. The zero-order valence-electron chi connectivity index (χ0n) is 19.3. The Balaban J connectivity index is 1.80. The van der Waals surface area contributed by atoms with Crippen LogP contribution >= 0.6 is 0 Å². The molecule has 4 nitrogen and oxygen atoms in total. The van der Waals surface area contributed by atoms with Gasteiger partial charge in [-0.15, -0.1) is 0 Å². The molecule has 4 rings (SSSR count). The fourth-order valence-electron chi connectivity index (χ4n) is 3.93. The van der Waals surface area contributed by atoms with Gasteiger partial charge in [0.1, 0.15) is 5.82 Å². The largest absolute Gasteiger partial charge is 0.369 e. The number of nitrogens with zero attached hydrogens (tertiary/aromatic N) is 2. The average Bonchev–Trinajstić information content (AvgIpc) is 2.87. The number of anilines is 1. The van der Waals surface area contributed by atoms with Gasteiger partial charge in [0, 0.05) is 17.7 Å². The van der Waals surface area contributed by atoms with E-state index in [0.717, 1.165) is 78.4 Å². The first-order valence-electron chi connectivity index (χ1n) is 11.8. The van der Waals surface area contributed by atoms with Crippen LogP contribution in [0.15, 0.2) is 84.9 Å². The lowest BCUT2D eigenvalue weighted by molar-refractivity contribution is 0.661. The summed E-state index contributed by atoms with van der Waals surface area (Å²) in [6.07, 6.45) is 4.49. The number of hydrogen-bond acceptors (Lipinski definition) is 4. The first-order valence-corrected chi connectivity index (χ1v) is 11.8. The van der Waals surface area contributed by atoms with Crippen molar-refractivity contribution < 1.29 is 0 Å². The molecule has 0 aliphatic carbocycles. The van der Waals surface area contributed by atoms with Crippen molar-refractivity contribution in [3.8, 4) is 33.8 Å². The summed E-state index contributed by atoms with van der Waals surface area (Å²) in [5.41, 5.74) is 12.1. The van der Waals surface area contributed by atoms with Crippen LogP contribution in [0, 0.1) is 6.92 Å². The van der Waals surface area contributed by atoms with E-state index in [1.54, 1.807) is 0 Å². The topological polar surface area (TPSA) is 63.8 Å². The highest BCUT2D eigenvalue weighted by Crippen LogP contribution is 2.37. The fourth-order valence-corrected chi connectivity index (χ4v) is 3.93. The normalized spacial score (nSPS) is 10.8. The van der Waals surface area contributed by atoms with Crippen molar-refractivity contribution >= 4 is 5.82 Å². The van der Waals surface area contributed by atoms with Crippen molar-refractivity contribution in [1.82, 2.24) is 9.97 Å². The van der Waals surface area contributed by atoms with Gasteiger partial charge in [0.05, 0.1) is 11.3 Å². The number of unbranched alkanes of at least 4 members (excludes halogenated alkanes) is 3. The summed E-state index contributed by atoms with van der Waals surface area (Å²) in [7, 11) is 0. The van der Waals surface area contributed by atoms with E-state index in [-0.39, 0.29) is 0 Å². The molecule has 1 aromatic heterocycles. The van der Waals surface area contributed by atoms with Gasteiger partial charge in [0.2, 0.25) is 0 Å². The predicted molar refractivity (Wildman–Crippen MR) is 139 cm³/mol. The van der Waals surface area contributed by atoms with Crippen LogP contribution < -0.4 is 11.1 Å². The molecule has 0 aliphatic heterocycles. The highest BCUT2D eigenvalue weighted by Gasteiger charge is 2.18. The minimum absolute atomic E-state index is 0.733. The van der Waals surface area contributed by atoms with Crippen molar-refractivity contribution in [3.63, 3.8) is 0 Å². The van der Waals surface area contributed by atoms with E-state index in [9.17, 15) is 0 Å². The Hall–Kier alpha value is -3.50. The molecule has 4 heteroatoms. The quantitative estimate of drug-likeness (QED) is 0.271. The molecule has 0 spiro atoms. The number of aryl methyl sites for hydroxylation is 1. The van der Waals surface area contributed by atoms with Gasteiger partial charge >= 0.3 is 0 Å². The van der Waals surface area contributed by atoms with Gasteiger partial charge in [0.15, 0.2) is 5.82 Å². The molecule has 0 saturated heterocycles. The molecule has 0 aliphatic rings. The molecular formula is C29H32N4. The monoisotopic (exact) mass is 436 g/mol.